The molecule has 1 atom stereocenters. The number of carboxylic acids is 1. The van der Waals surface area contributed by atoms with Gasteiger partial charge in [-0.2, -0.15) is 0 Å². The lowest BCUT2D eigenvalue weighted by Crippen LogP contribution is -2.00. The molecule has 0 aromatic rings. The van der Waals surface area contributed by atoms with Crippen molar-refractivity contribution in [3.63, 3.8) is 0 Å². The second kappa shape index (κ2) is 9.04. The average molecular weight is 270 g/mol. The quantitative estimate of drug-likeness (QED) is 0.356. The summed E-state index contributed by atoms with van der Waals surface area (Å²) >= 11 is 0. The fourth-order valence-electron chi connectivity index (χ4n) is 0.532. The van der Waals surface area contributed by atoms with Crippen LogP contribution in [0.15, 0.2) is 24.8 Å². The van der Waals surface area contributed by atoms with Crippen LogP contribution in [0, 0.1) is 0 Å². The highest BCUT2D eigenvalue weighted by molar-refractivity contribution is 5.84. The minimum atomic E-state index is -0.935. The molecule has 6 heteroatoms. The number of carboxylic acid groups (broad SMARTS) is 1. The van der Waals surface area contributed by atoms with Crippen molar-refractivity contribution in [2.24, 2.45) is 0 Å². The fraction of sp³-hybridized carbons (Fsp3) is 0.462. The maximum atomic E-state index is 10.3. The zero-order valence-corrected chi connectivity index (χ0v) is 10.8. The van der Waals surface area contributed by atoms with Gasteiger partial charge in [-0.1, -0.05) is 13.2 Å². The maximum absolute atomic E-state index is 10.3. The predicted molar refractivity (Wildman–Crippen MR) is 67.6 cm³/mol. The number of aldehydes is 1. The van der Waals surface area contributed by atoms with Gasteiger partial charge in [0.05, 0.1) is 6.61 Å². The Morgan fingerprint density at radius 2 is 1.89 bits per heavy atom. The maximum Gasteiger partial charge on any atom is 0.330 e. The van der Waals surface area contributed by atoms with Crippen LogP contribution in [0.1, 0.15) is 19.8 Å². The second-order valence-corrected chi connectivity index (χ2v) is 3.93. The summed E-state index contributed by atoms with van der Waals surface area (Å²) < 4.78 is 9.24. The number of hydrogen-bond donors (Lipinski definition) is 1. The number of carbonyl (C=O) groups is 3. The Bertz CT molecular complexity index is 340. The first-order valence-electron chi connectivity index (χ1n) is 5.69. The molecule has 1 saturated carbocycles. The number of carbonyl (C=O) groups excluding carboxylic acids is 2. The average Bonchev–Trinajstić information content (AvgIpc) is 3.24. The van der Waals surface area contributed by atoms with Crippen LogP contribution in [0.2, 0.25) is 0 Å². The number of hydrogen-bond acceptors (Lipinski definition) is 5. The molecule has 2 fully saturated rings. The molecule has 0 amide bonds. The summed E-state index contributed by atoms with van der Waals surface area (Å²) in [7, 11) is 0. The van der Waals surface area contributed by atoms with Crippen molar-refractivity contribution < 1.29 is 29.0 Å². The summed E-state index contributed by atoms with van der Waals surface area (Å²) in [6, 6.07) is 0. The standard InChI is InChI=1S/C6H8O2.C4H6O2.C3H4O2/c1-2-6(7)8-5-3-4-5;1-3(2)4(5)6;4-1-3-2-5-3/h2,5H,1,3-4H2;1H2,2H3,(H,5,6);1,3H,2H2. The Kier molecular flexibility index (Phi) is 8.12. The van der Waals surface area contributed by atoms with Gasteiger partial charge in [-0.15, -0.1) is 0 Å². The Morgan fingerprint density at radius 1 is 1.42 bits per heavy atom. The van der Waals surface area contributed by atoms with Gasteiger partial charge in [0.25, 0.3) is 0 Å². The third kappa shape index (κ3) is 12.3. The highest BCUT2D eigenvalue weighted by atomic mass is 16.6. The number of rotatable bonds is 4. The van der Waals surface area contributed by atoms with Crippen LogP contribution in [0.4, 0.5) is 0 Å². The number of ether oxygens (including phenoxy) is 2. The summed E-state index contributed by atoms with van der Waals surface area (Å²) in [5.41, 5.74) is 0.176. The normalized spacial score (nSPS) is 18.5. The minimum absolute atomic E-state index is 0.0463. The van der Waals surface area contributed by atoms with Crippen molar-refractivity contribution in [3.05, 3.63) is 24.8 Å². The number of aliphatic carboxylic acids is 1. The van der Waals surface area contributed by atoms with Gasteiger partial charge in [0.15, 0.2) is 6.29 Å². The van der Waals surface area contributed by atoms with Crippen LogP contribution in [0.3, 0.4) is 0 Å². The zero-order valence-electron chi connectivity index (χ0n) is 10.8. The first-order valence-corrected chi connectivity index (χ1v) is 5.69. The highest BCUT2D eigenvalue weighted by Crippen LogP contribution is 2.23. The molecule has 1 aliphatic heterocycles. The van der Waals surface area contributed by atoms with Crippen molar-refractivity contribution in [2.75, 3.05) is 6.61 Å². The molecule has 0 aromatic carbocycles. The lowest BCUT2D eigenvalue weighted by atomic mass is 10.4. The Hall–Kier alpha value is -1.95. The van der Waals surface area contributed by atoms with Crippen LogP contribution in [-0.2, 0) is 23.9 Å². The largest absolute Gasteiger partial charge is 0.478 e. The van der Waals surface area contributed by atoms with E-state index in [9.17, 15) is 14.4 Å². The van der Waals surface area contributed by atoms with Gasteiger partial charge < -0.3 is 19.4 Å². The summed E-state index contributed by atoms with van der Waals surface area (Å²) in [6.07, 6.45) is 4.22. The molecule has 2 rings (SSSR count). The molecule has 1 heterocycles. The van der Waals surface area contributed by atoms with Crippen molar-refractivity contribution >= 4 is 18.2 Å². The third-order valence-corrected chi connectivity index (χ3v) is 1.85. The monoisotopic (exact) mass is 270 g/mol. The van der Waals surface area contributed by atoms with Gasteiger partial charge >= 0.3 is 11.9 Å². The summed E-state index contributed by atoms with van der Waals surface area (Å²) in [5.74, 6) is -1.23. The van der Waals surface area contributed by atoms with Gasteiger partial charge in [0, 0.05) is 11.6 Å². The Labute approximate surface area is 111 Å². The fourth-order valence-corrected chi connectivity index (χ4v) is 0.532. The van der Waals surface area contributed by atoms with Crippen LogP contribution in [0.25, 0.3) is 0 Å². The van der Waals surface area contributed by atoms with Gasteiger partial charge in [-0.25, -0.2) is 9.59 Å². The van der Waals surface area contributed by atoms with E-state index in [1.807, 2.05) is 0 Å². The third-order valence-electron chi connectivity index (χ3n) is 1.85. The van der Waals surface area contributed by atoms with Crippen LogP contribution >= 0.6 is 0 Å². The van der Waals surface area contributed by atoms with E-state index in [-0.39, 0.29) is 23.8 Å². The van der Waals surface area contributed by atoms with E-state index in [4.69, 9.17) is 9.84 Å². The van der Waals surface area contributed by atoms with Crippen molar-refractivity contribution in [2.45, 2.75) is 32.0 Å². The van der Waals surface area contributed by atoms with Crippen molar-refractivity contribution in [1.82, 2.24) is 0 Å². The molecule has 106 valence electrons. The van der Waals surface area contributed by atoms with Gasteiger partial charge in [-0.05, 0) is 19.8 Å². The molecular formula is C13H18O6. The molecule has 0 bridgehead atoms. The Morgan fingerprint density at radius 3 is 2.05 bits per heavy atom. The molecule has 0 radical (unpaired) electrons. The van der Waals surface area contributed by atoms with E-state index < -0.39 is 5.97 Å². The molecule has 0 aromatic heterocycles. The summed E-state index contributed by atoms with van der Waals surface area (Å²) in [5, 5.41) is 7.89. The van der Waals surface area contributed by atoms with Gasteiger partial charge in [0.2, 0.25) is 0 Å². The second-order valence-electron chi connectivity index (χ2n) is 3.93. The van der Waals surface area contributed by atoms with Crippen LogP contribution in [-0.4, -0.2) is 42.1 Å². The number of esters is 1. The minimum Gasteiger partial charge on any atom is -0.478 e. The van der Waals surface area contributed by atoms with E-state index in [2.05, 4.69) is 17.9 Å². The van der Waals surface area contributed by atoms with Gasteiger partial charge in [-0.3, -0.25) is 0 Å². The molecule has 1 saturated heterocycles. The summed E-state index contributed by atoms with van der Waals surface area (Å²) in [6.45, 7) is 8.51. The van der Waals surface area contributed by atoms with Crippen LogP contribution < -0.4 is 0 Å². The van der Waals surface area contributed by atoms with E-state index in [0.29, 0.717) is 6.61 Å². The number of epoxide rings is 1. The van der Waals surface area contributed by atoms with Crippen LogP contribution in [0.5, 0.6) is 0 Å². The first kappa shape index (κ1) is 17.1. The zero-order chi connectivity index (χ0) is 14.8. The lowest BCUT2D eigenvalue weighted by Gasteiger charge is -1.93. The van der Waals surface area contributed by atoms with E-state index >= 15 is 0 Å². The molecular weight excluding hydrogens is 252 g/mol. The summed E-state index contributed by atoms with van der Waals surface area (Å²) in [4.78, 5) is 29.4. The lowest BCUT2D eigenvalue weighted by molar-refractivity contribution is -0.139. The SMILES string of the molecule is C=C(C)C(=O)O.C=CC(=O)OC1CC1.O=CC1CO1. The molecule has 6 nitrogen and oxygen atoms in total. The molecule has 0 spiro atoms. The van der Waals surface area contributed by atoms with Gasteiger partial charge in [0.1, 0.15) is 12.2 Å². The van der Waals surface area contributed by atoms with E-state index in [1.165, 1.54) is 13.0 Å². The molecule has 1 aliphatic carbocycles. The molecule has 2 aliphatic rings. The molecule has 1 unspecified atom stereocenters. The molecule has 19 heavy (non-hydrogen) atoms. The van der Waals surface area contributed by atoms with Crippen molar-refractivity contribution in [1.29, 1.82) is 0 Å². The van der Waals surface area contributed by atoms with E-state index in [1.54, 1.807) is 0 Å². The Balaban J connectivity index is 0.000000264. The predicted octanol–water partition coefficient (Wildman–Crippen LogP) is 1.11. The molecule has 1 N–H and O–H groups in total. The highest BCUT2D eigenvalue weighted by Gasteiger charge is 2.24. The van der Waals surface area contributed by atoms with E-state index in [0.717, 1.165) is 19.1 Å². The first-order chi connectivity index (χ1) is 8.90. The smallest absolute Gasteiger partial charge is 0.330 e. The van der Waals surface area contributed by atoms with Crippen molar-refractivity contribution in [3.8, 4) is 0 Å². The topological polar surface area (TPSA) is 93.2 Å².